The van der Waals surface area contributed by atoms with Crippen molar-refractivity contribution in [1.29, 1.82) is 0 Å². The first-order chi connectivity index (χ1) is 15.3. The van der Waals surface area contributed by atoms with Crippen molar-refractivity contribution in [3.05, 3.63) is 53.7 Å². The topological polar surface area (TPSA) is 96.1 Å². The Bertz CT molecular complexity index is 984. The number of benzene rings is 1. The fourth-order valence-corrected chi connectivity index (χ4v) is 3.00. The van der Waals surface area contributed by atoms with Gasteiger partial charge in [-0.05, 0) is 29.6 Å². The van der Waals surface area contributed by atoms with E-state index in [9.17, 15) is 0 Å². The van der Waals surface area contributed by atoms with Gasteiger partial charge in [0.15, 0.2) is 18.2 Å². The van der Waals surface area contributed by atoms with Crippen molar-refractivity contribution in [3.63, 3.8) is 0 Å². The Morgan fingerprint density at radius 2 is 2.00 bits per heavy atom. The molecule has 0 saturated heterocycles. The van der Waals surface area contributed by atoms with Crippen LogP contribution in [0.1, 0.15) is 24.0 Å². The van der Waals surface area contributed by atoms with E-state index >= 15 is 0 Å². The molecule has 0 amide bonds. The van der Waals surface area contributed by atoms with Crippen molar-refractivity contribution in [2.45, 2.75) is 19.4 Å². The van der Waals surface area contributed by atoms with Gasteiger partial charge in [-0.1, -0.05) is 29.4 Å². The van der Waals surface area contributed by atoms with Gasteiger partial charge in [-0.25, -0.2) is 9.98 Å². The molecule has 31 heavy (non-hydrogen) atoms. The highest BCUT2D eigenvalue weighted by molar-refractivity contribution is 6.45. The third kappa shape index (κ3) is 5.30. The molecule has 0 atom stereocenters. The third-order valence-electron chi connectivity index (χ3n) is 4.69. The molecule has 1 aliphatic heterocycles. The molecule has 1 aromatic carbocycles. The van der Waals surface area contributed by atoms with Crippen LogP contribution in [0.5, 0.6) is 5.88 Å². The first kappa shape index (κ1) is 20.6. The monoisotopic (exact) mass is 424 g/mol. The lowest BCUT2D eigenvalue weighted by Crippen LogP contribution is -2.26. The van der Waals surface area contributed by atoms with Gasteiger partial charge in [-0.15, -0.1) is 0 Å². The predicted octanol–water partition coefficient (Wildman–Crippen LogP) is 3.46. The molecule has 9 nitrogen and oxygen atoms in total. The molecule has 0 N–H and O–H groups in total. The van der Waals surface area contributed by atoms with E-state index < -0.39 is 0 Å². The molecule has 1 aromatic heterocycles. The minimum atomic E-state index is 0.279. The van der Waals surface area contributed by atoms with Crippen molar-refractivity contribution in [1.82, 2.24) is 4.98 Å². The summed E-state index contributed by atoms with van der Waals surface area (Å²) in [5, 5.41) is 8.08. The predicted molar refractivity (Wildman–Crippen MR) is 115 cm³/mol. The first-order valence-corrected chi connectivity index (χ1v) is 10.0. The highest BCUT2D eigenvalue weighted by Crippen LogP contribution is 2.33. The fourth-order valence-electron chi connectivity index (χ4n) is 3.00. The molecule has 0 bridgehead atoms. The standard InChI is InChI=1S/C22H24N4O5/c1-27-19-10-9-17(13-23-19)24-21(15-7-8-15)30-14-16-5-3-4-6-18(16)20(25-28-2)22-26-31-12-11-29-22/h3-6,9-10,13,15H,7-8,11-12,14H2,1-2H3/b24-21?,25-20+. The summed E-state index contributed by atoms with van der Waals surface area (Å²) >= 11 is 0. The highest BCUT2D eigenvalue weighted by Gasteiger charge is 2.30. The summed E-state index contributed by atoms with van der Waals surface area (Å²) in [4.78, 5) is 19.1. The number of hydrogen-bond acceptors (Lipinski definition) is 9. The van der Waals surface area contributed by atoms with Crippen LogP contribution in [-0.2, 0) is 25.8 Å². The van der Waals surface area contributed by atoms with Gasteiger partial charge < -0.3 is 23.9 Å². The van der Waals surface area contributed by atoms with E-state index in [1.807, 2.05) is 30.3 Å². The number of aliphatic imine (C=N–C) groups is 1. The van der Waals surface area contributed by atoms with Gasteiger partial charge >= 0.3 is 0 Å². The third-order valence-corrected chi connectivity index (χ3v) is 4.69. The van der Waals surface area contributed by atoms with Crippen molar-refractivity contribution in [2.24, 2.45) is 21.2 Å². The molecule has 0 radical (unpaired) electrons. The van der Waals surface area contributed by atoms with Crippen LogP contribution < -0.4 is 4.74 Å². The van der Waals surface area contributed by atoms with E-state index in [4.69, 9.17) is 23.9 Å². The Kier molecular flexibility index (Phi) is 6.61. The van der Waals surface area contributed by atoms with Crippen molar-refractivity contribution >= 4 is 23.2 Å². The Balaban J connectivity index is 1.55. The molecule has 1 saturated carbocycles. The number of oxime groups is 2. The van der Waals surface area contributed by atoms with Crippen LogP contribution in [-0.4, -0.2) is 49.9 Å². The molecule has 1 fully saturated rings. The number of hydrogen-bond donors (Lipinski definition) is 0. The Hall–Kier alpha value is -3.62. The Morgan fingerprint density at radius 1 is 1.13 bits per heavy atom. The van der Waals surface area contributed by atoms with E-state index in [1.54, 1.807) is 19.4 Å². The van der Waals surface area contributed by atoms with Crippen LogP contribution in [0.4, 0.5) is 5.69 Å². The zero-order valence-corrected chi connectivity index (χ0v) is 17.5. The second kappa shape index (κ2) is 9.92. The lowest BCUT2D eigenvalue weighted by atomic mass is 10.0. The lowest BCUT2D eigenvalue weighted by molar-refractivity contribution is 0.0672. The van der Waals surface area contributed by atoms with Crippen LogP contribution in [0.15, 0.2) is 57.9 Å². The number of rotatable bonds is 8. The number of nitrogens with zero attached hydrogens (tertiary/aromatic N) is 4. The molecule has 4 rings (SSSR count). The molecule has 2 aromatic rings. The maximum atomic E-state index is 6.15. The van der Waals surface area contributed by atoms with Crippen LogP contribution in [0, 0.1) is 5.92 Å². The quantitative estimate of drug-likeness (QED) is 0.366. The van der Waals surface area contributed by atoms with Crippen molar-refractivity contribution in [2.75, 3.05) is 27.4 Å². The van der Waals surface area contributed by atoms with E-state index in [2.05, 4.69) is 20.3 Å². The minimum Gasteiger partial charge on any atom is -0.481 e. The summed E-state index contributed by atoms with van der Waals surface area (Å²) in [5.74, 6) is 1.84. The Morgan fingerprint density at radius 3 is 2.68 bits per heavy atom. The van der Waals surface area contributed by atoms with Gasteiger partial charge in [0.1, 0.15) is 20.3 Å². The molecule has 2 aliphatic rings. The fraction of sp³-hybridized carbons (Fsp3) is 0.364. The van der Waals surface area contributed by atoms with E-state index in [0.717, 1.165) is 29.7 Å². The number of aromatic nitrogens is 1. The number of pyridine rings is 1. The molecule has 9 heteroatoms. The second-order valence-electron chi connectivity index (χ2n) is 6.93. The summed E-state index contributed by atoms with van der Waals surface area (Å²) in [6.07, 6.45) is 3.78. The second-order valence-corrected chi connectivity index (χ2v) is 6.93. The average Bonchev–Trinajstić information content (AvgIpc) is 3.67. The van der Waals surface area contributed by atoms with Crippen molar-refractivity contribution in [3.8, 4) is 5.88 Å². The molecule has 162 valence electrons. The maximum absolute atomic E-state index is 6.15. The normalized spacial score (nSPS) is 16.6. The van der Waals surface area contributed by atoms with Crippen LogP contribution >= 0.6 is 0 Å². The van der Waals surface area contributed by atoms with Gasteiger partial charge in [0.25, 0.3) is 5.90 Å². The van der Waals surface area contributed by atoms with Gasteiger partial charge in [-0.3, -0.25) is 0 Å². The van der Waals surface area contributed by atoms with Crippen LogP contribution in [0.3, 0.4) is 0 Å². The van der Waals surface area contributed by atoms with Crippen molar-refractivity contribution < 1.29 is 23.9 Å². The Labute approximate surface area is 180 Å². The molecular weight excluding hydrogens is 400 g/mol. The van der Waals surface area contributed by atoms with Crippen LogP contribution in [0.25, 0.3) is 0 Å². The SMILES string of the molecule is CO/N=C(/C1=NOCCO1)c1ccccc1COC(=Nc1ccc(OC)nc1)C1CC1. The zero-order valence-electron chi connectivity index (χ0n) is 17.5. The van der Waals surface area contributed by atoms with Crippen LogP contribution in [0.2, 0.25) is 0 Å². The first-order valence-electron chi connectivity index (χ1n) is 10.0. The summed E-state index contributed by atoms with van der Waals surface area (Å²) in [5.41, 5.74) is 2.86. The molecule has 2 heterocycles. The van der Waals surface area contributed by atoms with E-state index in [0.29, 0.717) is 43.2 Å². The summed E-state index contributed by atoms with van der Waals surface area (Å²) < 4.78 is 16.9. The molecule has 0 spiro atoms. The number of methoxy groups -OCH3 is 1. The average molecular weight is 424 g/mol. The zero-order chi connectivity index (χ0) is 21.5. The van der Waals surface area contributed by atoms with E-state index in [-0.39, 0.29) is 5.90 Å². The maximum Gasteiger partial charge on any atom is 0.280 e. The molecule has 1 aliphatic carbocycles. The van der Waals surface area contributed by atoms with Gasteiger partial charge in [-0.2, -0.15) is 0 Å². The highest BCUT2D eigenvalue weighted by atomic mass is 16.7. The van der Waals surface area contributed by atoms with Gasteiger partial charge in [0.05, 0.1) is 19.0 Å². The number of ether oxygens (including phenoxy) is 3. The van der Waals surface area contributed by atoms with E-state index in [1.165, 1.54) is 7.11 Å². The molecule has 0 unspecified atom stereocenters. The van der Waals surface area contributed by atoms with Gasteiger partial charge in [0.2, 0.25) is 5.88 Å². The smallest absolute Gasteiger partial charge is 0.280 e. The summed E-state index contributed by atoms with van der Waals surface area (Å²) in [7, 11) is 3.06. The minimum absolute atomic E-state index is 0.279. The van der Waals surface area contributed by atoms with Gasteiger partial charge in [0, 0.05) is 17.5 Å². The largest absolute Gasteiger partial charge is 0.481 e. The summed E-state index contributed by atoms with van der Waals surface area (Å²) in [6, 6.07) is 11.4. The lowest BCUT2D eigenvalue weighted by Gasteiger charge is -2.17. The summed E-state index contributed by atoms with van der Waals surface area (Å²) in [6.45, 7) is 1.11. The molecular formula is C22H24N4O5.